The molecule has 2 aromatic rings. The Labute approximate surface area is 104 Å². The highest BCUT2D eigenvalue weighted by molar-refractivity contribution is 5.39. The van der Waals surface area contributed by atoms with Crippen LogP contribution in [0.4, 0.5) is 8.78 Å². The van der Waals surface area contributed by atoms with E-state index in [9.17, 15) is 13.9 Å². The van der Waals surface area contributed by atoms with Gasteiger partial charge in [-0.2, -0.15) is 0 Å². The van der Waals surface area contributed by atoms with Crippen molar-refractivity contribution in [1.29, 1.82) is 0 Å². The molecule has 0 bridgehead atoms. The third-order valence-electron chi connectivity index (χ3n) is 2.98. The molecular weight excluding hydrogens is 236 g/mol. The number of hydrogen-bond acceptors (Lipinski definition) is 2. The molecule has 1 atom stereocenters. The quantitative estimate of drug-likeness (QED) is 0.887. The number of pyridine rings is 1. The Bertz CT molecular complexity index is 582. The van der Waals surface area contributed by atoms with E-state index in [2.05, 4.69) is 4.98 Å². The number of halogens is 2. The van der Waals surface area contributed by atoms with E-state index in [0.29, 0.717) is 16.7 Å². The van der Waals surface area contributed by atoms with Gasteiger partial charge in [0.05, 0.1) is 6.20 Å². The lowest BCUT2D eigenvalue weighted by atomic mass is 9.86. The van der Waals surface area contributed by atoms with Gasteiger partial charge < -0.3 is 5.11 Å². The molecule has 0 saturated heterocycles. The van der Waals surface area contributed by atoms with E-state index in [-0.39, 0.29) is 5.82 Å². The molecular formula is C14H13F2NO. The minimum absolute atomic E-state index is 0.331. The van der Waals surface area contributed by atoms with Gasteiger partial charge in [-0.15, -0.1) is 0 Å². The highest BCUT2D eigenvalue weighted by Crippen LogP contribution is 2.31. The molecule has 2 nitrogen and oxygen atoms in total. The van der Waals surface area contributed by atoms with Crippen molar-refractivity contribution < 1.29 is 13.9 Å². The molecule has 4 heteroatoms. The molecule has 18 heavy (non-hydrogen) atoms. The molecule has 0 aliphatic heterocycles. The average Bonchev–Trinajstić information content (AvgIpc) is 2.28. The summed E-state index contributed by atoms with van der Waals surface area (Å²) >= 11 is 0. The van der Waals surface area contributed by atoms with Crippen molar-refractivity contribution in [3.05, 3.63) is 65.0 Å². The number of benzene rings is 1. The van der Waals surface area contributed by atoms with E-state index in [1.165, 1.54) is 37.4 Å². The van der Waals surface area contributed by atoms with E-state index < -0.39 is 11.4 Å². The molecule has 94 valence electrons. The fraction of sp³-hybridized carbons (Fsp3) is 0.214. The molecule has 0 amide bonds. The van der Waals surface area contributed by atoms with Crippen molar-refractivity contribution in [3.63, 3.8) is 0 Å². The molecule has 2 rings (SSSR count). The van der Waals surface area contributed by atoms with E-state index in [0.717, 1.165) is 6.20 Å². The topological polar surface area (TPSA) is 33.1 Å². The second-order valence-electron chi connectivity index (χ2n) is 4.42. The van der Waals surface area contributed by atoms with Crippen LogP contribution in [0.5, 0.6) is 0 Å². The summed E-state index contributed by atoms with van der Waals surface area (Å²) in [5.41, 5.74) is 0.0464. The highest BCUT2D eigenvalue weighted by Gasteiger charge is 2.28. The molecule has 0 saturated carbocycles. The number of hydrogen-bond donors (Lipinski definition) is 1. The minimum atomic E-state index is -1.41. The van der Waals surface area contributed by atoms with Crippen LogP contribution >= 0.6 is 0 Å². The van der Waals surface area contributed by atoms with E-state index >= 15 is 0 Å². The zero-order chi connectivity index (χ0) is 13.3. The van der Waals surface area contributed by atoms with Gasteiger partial charge in [0, 0.05) is 11.8 Å². The molecule has 0 fully saturated rings. The fourth-order valence-corrected chi connectivity index (χ4v) is 2.01. The summed E-state index contributed by atoms with van der Waals surface area (Å²) in [5, 5.41) is 10.5. The number of aryl methyl sites for hydroxylation is 1. The average molecular weight is 249 g/mol. The van der Waals surface area contributed by atoms with Crippen molar-refractivity contribution in [2.75, 3.05) is 0 Å². The van der Waals surface area contributed by atoms with Crippen LogP contribution in [0.15, 0.2) is 36.7 Å². The smallest absolute Gasteiger partial charge is 0.141 e. The second kappa shape index (κ2) is 4.46. The zero-order valence-corrected chi connectivity index (χ0v) is 10.1. The third kappa shape index (κ3) is 2.24. The molecule has 1 unspecified atom stereocenters. The SMILES string of the molecule is Cc1cc(F)ccc1C(C)(O)c1cncc(F)c1. The third-order valence-corrected chi connectivity index (χ3v) is 2.98. The Hall–Kier alpha value is -1.81. The maximum atomic E-state index is 13.1. The first-order valence-electron chi connectivity index (χ1n) is 5.51. The number of nitrogens with zero attached hydrogens (tertiary/aromatic N) is 1. The van der Waals surface area contributed by atoms with Crippen LogP contribution in [-0.2, 0) is 5.60 Å². The van der Waals surface area contributed by atoms with E-state index in [4.69, 9.17) is 0 Å². The van der Waals surface area contributed by atoms with Crippen molar-refractivity contribution in [2.24, 2.45) is 0 Å². The Morgan fingerprint density at radius 1 is 1.11 bits per heavy atom. The maximum absolute atomic E-state index is 13.1. The van der Waals surface area contributed by atoms with Crippen LogP contribution in [0, 0.1) is 18.6 Å². The minimum Gasteiger partial charge on any atom is -0.381 e. The van der Waals surface area contributed by atoms with Crippen LogP contribution < -0.4 is 0 Å². The van der Waals surface area contributed by atoms with Crippen LogP contribution in [0.2, 0.25) is 0 Å². The van der Waals surface area contributed by atoms with Gasteiger partial charge in [-0.1, -0.05) is 6.07 Å². The summed E-state index contributed by atoms with van der Waals surface area (Å²) in [4.78, 5) is 3.71. The molecule has 0 spiro atoms. The van der Waals surface area contributed by atoms with Crippen LogP contribution in [0.25, 0.3) is 0 Å². The van der Waals surface area contributed by atoms with E-state index in [1.807, 2.05) is 0 Å². The fourth-order valence-electron chi connectivity index (χ4n) is 2.01. The lowest BCUT2D eigenvalue weighted by Crippen LogP contribution is -2.24. The number of rotatable bonds is 2. The summed E-state index contributed by atoms with van der Waals surface area (Å²) in [5.74, 6) is -0.892. The molecule has 1 aromatic carbocycles. The molecule has 0 aliphatic carbocycles. The molecule has 1 heterocycles. The predicted octanol–water partition coefficient (Wildman–Crippen LogP) is 2.92. The van der Waals surface area contributed by atoms with Gasteiger partial charge in [-0.05, 0) is 43.2 Å². The van der Waals surface area contributed by atoms with Gasteiger partial charge in [0.15, 0.2) is 0 Å². The van der Waals surface area contributed by atoms with Gasteiger partial charge in [-0.25, -0.2) is 8.78 Å². The monoisotopic (exact) mass is 249 g/mol. The standard InChI is InChI=1S/C14H13F2NO/c1-9-5-11(15)3-4-13(9)14(2,18)10-6-12(16)8-17-7-10/h3-8,18H,1-2H3. The van der Waals surface area contributed by atoms with Gasteiger partial charge >= 0.3 is 0 Å². The first-order chi connectivity index (χ1) is 8.41. The van der Waals surface area contributed by atoms with Gasteiger partial charge in [0.2, 0.25) is 0 Å². The molecule has 1 aromatic heterocycles. The van der Waals surface area contributed by atoms with Crippen LogP contribution in [-0.4, -0.2) is 10.1 Å². The van der Waals surface area contributed by atoms with Gasteiger partial charge in [-0.3, -0.25) is 4.98 Å². The normalized spacial score (nSPS) is 14.3. The highest BCUT2D eigenvalue weighted by atomic mass is 19.1. The second-order valence-corrected chi connectivity index (χ2v) is 4.42. The van der Waals surface area contributed by atoms with Gasteiger partial charge in [0.25, 0.3) is 0 Å². The summed E-state index contributed by atoms with van der Waals surface area (Å²) in [7, 11) is 0. The lowest BCUT2D eigenvalue weighted by Gasteiger charge is -2.26. The van der Waals surface area contributed by atoms with Crippen molar-refractivity contribution in [2.45, 2.75) is 19.4 Å². The Kier molecular flexibility index (Phi) is 3.13. The summed E-state index contributed by atoms with van der Waals surface area (Å²) in [6.45, 7) is 3.23. The first-order valence-corrected chi connectivity index (χ1v) is 5.51. The predicted molar refractivity (Wildman–Crippen MR) is 64.0 cm³/mol. The zero-order valence-electron chi connectivity index (χ0n) is 10.1. The Morgan fingerprint density at radius 2 is 1.83 bits per heavy atom. The first kappa shape index (κ1) is 12.6. The van der Waals surface area contributed by atoms with Crippen molar-refractivity contribution >= 4 is 0 Å². The van der Waals surface area contributed by atoms with Crippen molar-refractivity contribution in [1.82, 2.24) is 4.98 Å². The molecule has 1 N–H and O–H groups in total. The summed E-state index contributed by atoms with van der Waals surface area (Å²) in [6.07, 6.45) is 2.46. The van der Waals surface area contributed by atoms with Crippen LogP contribution in [0.1, 0.15) is 23.6 Å². The Balaban J connectivity index is 2.53. The molecule has 0 aliphatic rings. The Morgan fingerprint density at radius 3 is 2.44 bits per heavy atom. The summed E-state index contributed by atoms with van der Waals surface area (Å²) < 4.78 is 26.2. The van der Waals surface area contributed by atoms with Gasteiger partial charge in [0.1, 0.15) is 17.2 Å². The number of aromatic nitrogens is 1. The maximum Gasteiger partial charge on any atom is 0.141 e. The lowest BCUT2D eigenvalue weighted by molar-refractivity contribution is 0.101. The number of aliphatic hydroxyl groups is 1. The van der Waals surface area contributed by atoms with Crippen molar-refractivity contribution in [3.8, 4) is 0 Å². The summed E-state index contributed by atoms with van der Waals surface area (Å²) in [6, 6.07) is 5.31. The molecule has 0 radical (unpaired) electrons. The largest absolute Gasteiger partial charge is 0.381 e. The van der Waals surface area contributed by atoms with E-state index in [1.54, 1.807) is 6.92 Å². The van der Waals surface area contributed by atoms with Crippen LogP contribution in [0.3, 0.4) is 0 Å².